The minimum Gasteiger partial charge on any atom is -0.455 e. The summed E-state index contributed by atoms with van der Waals surface area (Å²) in [6, 6.07) is 16.0. The second kappa shape index (κ2) is 9.34. The molecule has 0 saturated carbocycles. The van der Waals surface area contributed by atoms with Crippen molar-refractivity contribution in [2.75, 3.05) is 16.4 Å². The van der Waals surface area contributed by atoms with Crippen molar-refractivity contribution < 1.29 is 31.5 Å². The number of hydrogen-bond acceptors (Lipinski definition) is 5. The van der Waals surface area contributed by atoms with E-state index in [0.717, 1.165) is 22.6 Å². The third kappa shape index (κ3) is 4.84. The molecule has 0 unspecified atom stereocenters. The van der Waals surface area contributed by atoms with E-state index in [-0.39, 0.29) is 11.1 Å². The number of carbonyl (C=O) groups excluding carboxylic acids is 2. The summed E-state index contributed by atoms with van der Waals surface area (Å²) < 4.78 is 59.2. The van der Waals surface area contributed by atoms with E-state index in [0.29, 0.717) is 5.69 Å². The Hall–Kier alpha value is -3.59. The molecule has 1 aliphatic heterocycles. The Kier molecular flexibility index (Phi) is 6.47. The Balaban J connectivity index is 1.75. The number of aryl methyl sites for hydroxylation is 1. The highest BCUT2D eigenvalue weighted by Crippen LogP contribution is 2.30. The van der Waals surface area contributed by atoms with E-state index in [4.69, 9.17) is 4.74 Å². The molecule has 176 valence electrons. The topological polar surface area (TPSA) is 80.8 Å². The number of anilines is 1. The second-order valence-corrected chi connectivity index (χ2v) is 10.2. The normalized spacial score (nSPS) is 18.9. The van der Waals surface area contributed by atoms with Crippen LogP contribution in [0, 0.1) is 18.6 Å². The van der Waals surface area contributed by atoms with Crippen molar-refractivity contribution in [1.29, 1.82) is 0 Å². The number of carbonyl (C=O) groups is 2. The Morgan fingerprint density at radius 2 is 1.41 bits per heavy atom. The molecule has 1 amide bonds. The lowest BCUT2D eigenvalue weighted by molar-refractivity contribution is 0.0309. The van der Waals surface area contributed by atoms with E-state index < -0.39 is 57.0 Å². The van der Waals surface area contributed by atoms with Gasteiger partial charge < -0.3 is 9.64 Å². The molecule has 1 heterocycles. The summed E-state index contributed by atoms with van der Waals surface area (Å²) in [5, 5.41) is 0. The van der Waals surface area contributed by atoms with Gasteiger partial charge in [-0.05, 0) is 43.3 Å². The fourth-order valence-corrected chi connectivity index (χ4v) is 5.72. The van der Waals surface area contributed by atoms with Gasteiger partial charge in [-0.25, -0.2) is 22.0 Å². The van der Waals surface area contributed by atoms with Crippen LogP contribution in [0.25, 0.3) is 0 Å². The Morgan fingerprint density at radius 1 is 0.853 bits per heavy atom. The third-order valence-corrected chi connectivity index (χ3v) is 7.28. The third-order valence-electron chi connectivity index (χ3n) is 5.59. The van der Waals surface area contributed by atoms with Gasteiger partial charge in [0.2, 0.25) is 0 Å². The number of sulfone groups is 1. The lowest BCUT2D eigenvalue weighted by Crippen LogP contribution is -2.48. The van der Waals surface area contributed by atoms with Gasteiger partial charge in [-0.1, -0.05) is 42.0 Å². The standard InChI is InChI=1S/C25H21F2NO5S/c1-16-10-12-17(13-11-16)28(24(29)18-6-2-4-8-20(18)26)22-14-34(31,32)15-23(22)33-25(30)19-7-3-5-9-21(19)27/h2-13,22-23H,14-15H2,1H3/t22-,23+/m0/s1. The molecule has 6 nitrogen and oxygen atoms in total. The maximum absolute atomic E-state index is 14.5. The van der Waals surface area contributed by atoms with Gasteiger partial charge in [0.25, 0.3) is 5.91 Å². The summed E-state index contributed by atoms with van der Waals surface area (Å²) >= 11 is 0. The molecule has 3 aromatic rings. The quantitative estimate of drug-likeness (QED) is 0.512. The first kappa shape index (κ1) is 23.6. The SMILES string of the molecule is Cc1ccc(N(C(=O)c2ccccc2F)[C@H]2CS(=O)(=O)C[C@H]2OC(=O)c2ccccc2F)cc1. The average molecular weight is 486 g/mol. The first-order valence-electron chi connectivity index (χ1n) is 10.5. The highest BCUT2D eigenvalue weighted by molar-refractivity contribution is 7.91. The van der Waals surface area contributed by atoms with E-state index in [2.05, 4.69) is 0 Å². The number of halogens is 2. The van der Waals surface area contributed by atoms with Crippen molar-refractivity contribution >= 4 is 27.4 Å². The van der Waals surface area contributed by atoms with Crippen molar-refractivity contribution in [3.8, 4) is 0 Å². The molecular weight excluding hydrogens is 464 g/mol. The largest absolute Gasteiger partial charge is 0.455 e. The Morgan fingerprint density at radius 3 is 2.00 bits per heavy atom. The average Bonchev–Trinajstić information content (AvgIpc) is 3.09. The molecular formula is C25H21F2NO5S. The van der Waals surface area contributed by atoms with E-state index in [1.807, 2.05) is 6.92 Å². The van der Waals surface area contributed by atoms with Crippen LogP contribution in [0.1, 0.15) is 26.3 Å². The van der Waals surface area contributed by atoms with E-state index in [9.17, 15) is 26.8 Å². The number of benzene rings is 3. The van der Waals surface area contributed by atoms with Crippen LogP contribution in [0.15, 0.2) is 72.8 Å². The van der Waals surface area contributed by atoms with E-state index in [1.54, 1.807) is 24.3 Å². The molecule has 0 spiro atoms. The van der Waals surface area contributed by atoms with Crippen LogP contribution >= 0.6 is 0 Å². The summed E-state index contributed by atoms with van der Waals surface area (Å²) in [6.07, 6.45) is -1.28. The summed E-state index contributed by atoms with van der Waals surface area (Å²) in [7, 11) is -3.73. The molecule has 4 rings (SSSR count). The molecule has 1 saturated heterocycles. The molecule has 1 aliphatic rings. The van der Waals surface area contributed by atoms with Crippen LogP contribution in [0.4, 0.5) is 14.5 Å². The highest BCUT2D eigenvalue weighted by Gasteiger charge is 2.46. The fraction of sp³-hybridized carbons (Fsp3) is 0.200. The van der Waals surface area contributed by atoms with Gasteiger partial charge in [0.05, 0.1) is 28.7 Å². The van der Waals surface area contributed by atoms with Gasteiger partial charge in [0, 0.05) is 5.69 Å². The molecule has 0 N–H and O–H groups in total. The lowest BCUT2D eigenvalue weighted by atomic mass is 10.1. The minimum absolute atomic E-state index is 0.258. The van der Waals surface area contributed by atoms with Crippen molar-refractivity contribution in [3.63, 3.8) is 0 Å². The fourth-order valence-electron chi connectivity index (χ4n) is 3.91. The zero-order valence-corrected chi connectivity index (χ0v) is 19.0. The smallest absolute Gasteiger partial charge is 0.341 e. The number of esters is 1. The summed E-state index contributed by atoms with van der Waals surface area (Å²) in [5.41, 5.74) is 0.593. The van der Waals surface area contributed by atoms with Crippen LogP contribution in [-0.4, -0.2) is 43.9 Å². The molecule has 0 aliphatic carbocycles. The summed E-state index contributed by atoms with van der Waals surface area (Å²) in [4.78, 5) is 27.3. The first-order valence-corrected chi connectivity index (χ1v) is 12.3. The van der Waals surface area contributed by atoms with Crippen LogP contribution in [0.5, 0.6) is 0 Å². The van der Waals surface area contributed by atoms with Gasteiger partial charge in [-0.15, -0.1) is 0 Å². The van der Waals surface area contributed by atoms with Crippen molar-refractivity contribution in [2.45, 2.75) is 19.1 Å². The van der Waals surface area contributed by atoms with Crippen molar-refractivity contribution in [3.05, 3.63) is 101 Å². The Labute approximate surface area is 195 Å². The predicted molar refractivity (Wildman–Crippen MR) is 122 cm³/mol. The molecule has 3 aromatic carbocycles. The second-order valence-electron chi connectivity index (χ2n) is 8.06. The molecule has 9 heteroatoms. The summed E-state index contributed by atoms with van der Waals surface area (Å²) in [5.74, 6) is -4.47. The van der Waals surface area contributed by atoms with E-state index >= 15 is 0 Å². The zero-order chi connectivity index (χ0) is 24.5. The number of nitrogens with zero attached hydrogens (tertiary/aromatic N) is 1. The van der Waals surface area contributed by atoms with Crippen molar-refractivity contribution in [2.24, 2.45) is 0 Å². The Bertz CT molecular complexity index is 1340. The van der Waals surface area contributed by atoms with Crippen LogP contribution in [-0.2, 0) is 14.6 Å². The number of ether oxygens (including phenoxy) is 1. The molecule has 2 atom stereocenters. The van der Waals surface area contributed by atoms with Crippen molar-refractivity contribution in [1.82, 2.24) is 0 Å². The van der Waals surface area contributed by atoms with Gasteiger partial charge >= 0.3 is 5.97 Å². The maximum Gasteiger partial charge on any atom is 0.341 e. The molecule has 0 radical (unpaired) electrons. The number of hydrogen-bond donors (Lipinski definition) is 0. The molecule has 0 aromatic heterocycles. The lowest BCUT2D eigenvalue weighted by Gasteiger charge is -2.32. The first-order chi connectivity index (χ1) is 16.2. The van der Waals surface area contributed by atoms with Gasteiger partial charge in [0.15, 0.2) is 9.84 Å². The monoisotopic (exact) mass is 485 g/mol. The number of amides is 1. The highest BCUT2D eigenvalue weighted by atomic mass is 32.2. The zero-order valence-electron chi connectivity index (χ0n) is 18.1. The molecule has 0 bridgehead atoms. The van der Waals surface area contributed by atoms with Gasteiger partial charge in [-0.2, -0.15) is 0 Å². The van der Waals surface area contributed by atoms with E-state index in [1.165, 1.54) is 36.4 Å². The molecule has 1 fully saturated rings. The number of rotatable bonds is 5. The minimum atomic E-state index is -3.73. The van der Waals surface area contributed by atoms with Crippen LogP contribution < -0.4 is 4.90 Å². The van der Waals surface area contributed by atoms with Gasteiger partial charge in [0.1, 0.15) is 17.7 Å². The molecule has 34 heavy (non-hydrogen) atoms. The predicted octanol–water partition coefficient (Wildman–Crippen LogP) is 3.94. The van der Waals surface area contributed by atoms with Crippen LogP contribution in [0.2, 0.25) is 0 Å². The maximum atomic E-state index is 14.5. The van der Waals surface area contributed by atoms with Gasteiger partial charge in [-0.3, -0.25) is 4.79 Å². The van der Waals surface area contributed by atoms with Crippen LogP contribution in [0.3, 0.4) is 0 Å². The summed E-state index contributed by atoms with van der Waals surface area (Å²) in [6.45, 7) is 1.84.